The molecule has 1 aliphatic carbocycles. The Morgan fingerprint density at radius 1 is 1.32 bits per heavy atom. The van der Waals surface area contributed by atoms with Crippen LogP contribution in [-0.4, -0.2) is 29.9 Å². The van der Waals surface area contributed by atoms with E-state index in [4.69, 9.17) is 11.6 Å². The summed E-state index contributed by atoms with van der Waals surface area (Å²) in [5.41, 5.74) is 2.32. The van der Waals surface area contributed by atoms with Crippen LogP contribution in [0, 0.1) is 0 Å². The molecule has 3 aromatic rings. The number of aromatic nitrogens is 6. The second-order valence-electron chi connectivity index (χ2n) is 5.85. The van der Waals surface area contributed by atoms with Crippen molar-refractivity contribution in [1.82, 2.24) is 29.9 Å². The summed E-state index contributed by atoms with van der Waals surface area (Å²) in [6.07, 6.45) is 5.72. The number of aromatic amines is 1. The summed E-state index contributed by atoms with van der Waals surface area (Å²) < 4.78 is 1.76. The lowest BCUT2D eigenvalue weighted by atomic mass is 10.3. The molecule has 2 N–H and O–H groups in total. The van der Waals surface area contributed by atoms with Gasteiger partial charge in [-0.1, -0.05) is 11.6 Å². The van der Waals surface area contributed by atoms with Gasteiger partial charge in [0.1, 0.15) is 16.9 Å². The van der Waals surface area contributed by atoms with E-state index in [-0.39, 0.29) is 6.04 Å². The van der Waals surface area contributed by atoms with E-state index in [1.165, 1.54) is 0 Å². The van der Waals surface area contributed by atoms with Gasteiger partial charge in [-0.25, -0.2) is 14.6 Å². The van der Waals surface area contributed by atoms with E-state index in [2.05, 4.69) is 30.6 Å². The van der Waals surface area contributed by atoms with Crippen LogP contribution in [0.25, 0.3) is 11.0 Å². The molecule has 22 heavy (non-hydrogen) atoms. The zero-order valence-electron chi connectivity index (χ0n) is 12.3. The zero-order chi connectivity index (χ0) is 15.3. The largest absolute Gasteiger partial charge is 0.334 e. The number of H-pyrrole nitrogens is 1. The number of halogens is 1. The molecule has 4 rings (SSSR count). The normalized spacial score (nSPS) is 14.9. The number of rotatable bonds is 4. The van der Waals surface area contributed by atoms with Crippen molar-refractivity contribution in [1.29, 1.82) is 0 Å². The second-order valence-corrected chi connectivity index (χ2v) is 6.21. The highest BCUT2D eigenvalue weighted by Crippen LogP contribution is 2.39. The molecule has 114 valence electrons. The third-order valence-electron chi connectivity index (χ3n) is 3.74. The molecule has 0 radical (unpaired) electrons. The minimum absolute atomic E-state index is 0.197. The maximum Gasteiger partial charge on any atom is 0.160 e. The summed E-state index contributed by atoms with van der Waals surface area (Å²) in [4.78, 5) is 9.19. The Morgan fingerprint density at radius 2 is 2.14 bits per heavy atom. The molecule has 0 saturated heterocycles. The average molecular weight is 318 g/mol. The van der Waals surface area contributed by atoms with Crippen LogP contribution in [0.1, 0.15) is 44.5 Å². The van der Waals surface area contributed by atoms with Crippen molar-refractivity contribution in [2.45, 2.75) is 38.6 Å². The van der Waals surface area contributed by atoms with Gasteiger partial charge in [-0.15, -0.1) is 0 Å². The van der Waals surface area contributed by atoms with E-state index in [1.54, 1.807) is 17.1 Å². The third-order valence-corrected chi connectivity index (χ3v) is 4.11. The van der Waals surface area contributed by atoms with E-state index >= 15 is 0 Å². The monoisotopic (exact) mass is 317 g/mol. The van der Waals surface area contributed by atoms with Crippen LogP contribution in [0.3, 0.4) is 0 Å². The summed E-state index contributed by atoms with van der Waals surface area (Å²) in [6, 6.07) is 0.197. The summed E-state index contributed by atoms with van der Waals surface area (Å²) in [7, 11) is 0. The van der Waals surface area contributed by atoms with Gasteiger partial charge in [0.15, 0.2) is 11.0 Å². The maximum absolute atomic E-state index is 6.38. The quantitative estimate of drug-likeness (QED) is 0.770. The lowest BCUT2D eigenvalue weighted by Crippen LogP contribution is -2.03. The van der Waals surface area contributed by atoms with Gasteiger partial charge in [0.25, 0.3) is 0 Å². The molecule has 0 aromatic carbocycles. The highest BCUT2D eigenvalue weighted by atomic mass is 35.5. The Morgan fingerprint density at radius 3 is 2.82 bits per heavy atom. The number of hydrogen-bond acceptors (Lipinski definition) is 5. The maximum atomic E-state index is 6.38. The highest BCUT2D eigenvalue weighted by Gasteiger charge is 2.28. The molecule has 0 atom stereocenters. The molecular formula is C14H16ClN7. The van der Waals surface area contributed by atoms with E-state index in [1.807, 2.05) is 13.8 Å². The van der Waals surface area contributed by atoms with Crippen molar-refractivity contribution < 1.29 is 0 Å². The van der Waals surface area contributed by atoms with Crippen LogP contribution in [-0.2, 0) is 0 Å². The summed E-state index contributed by atoms with van der Waals surface area (Å²) in [5, 5.41) is 15.1. The Labute approximate surface area is 132 Å². The van der Waals surface area contributed by atoms with Gasteiger partial charge in [0.2, 0.25) is 0 Å². The SMILES string of the molecule is CC(C)n1ncc(Nc2nc(C3CC3)nc3cn[nH]c23)c1Cl. The number of anilines is 2. The van der Waals surface area contributed by atoms with E-state index in [0.29, 0.717) is 16.9 Å². The van der Waals surface area contributed by atoms with Gasteiger partial charge < -0.3 is 5.32 Å². The molecule has 7 nitrogen and oxygen atoms in total. The van der Waals surface area contributed by atoms with Crippen LogP contribution in [0.15, 0.2) is 12.4 Å². The molecule has 0 unspecified atom stereocenters. The first-order chi connectivity index (χ1) is 10.6. The first kappa shape index (κ1) is 13.5. The Bertz CT molecular complexity index is 831. The molecule has 0 spiro atoms. The number of hydrogen-bond donors (Lipinski definition) is 2. The predicted octanol–water partition coefficient (Wildman–Crippen LogP) is 3.40. The van der Waals surface area contributed by atoms with Crippen LogP contribution in [0.2, 0.25) is 5.15 Å². The molecule has 1 saturated carbocycles. The minimum Gasteiger partial charge on any atom is -0.334 e. The van der Waals surface area contributed by atoms with Crippen LogP contribution >= 0.6 is 11.6 Å². The molecule has 8 heteroatoms. The summed E-state index contributed by atoms with van der Waals surface area (Å²) >= 11 is 6.38. The first-order valence-electron chi connectivity index (χ1n) is 7.34. The molecule has 3 heterocycles. The molecule has 1 aliphatic rings. The molecule has 0 aliphatic heterocycles. The van der Waals surface area contributed by atoms with E-state index < -0.39 is 0 Å². The lowest BCUT2D eigenvalue weighted by Gasteiger charge is -2.09. The standard InChI is InChI=1S/C14H16ClN7/c1-7(2)22-12(15)10(6-17-22)19-14-11-9(5-16-21-11)18-13(20-14)8-3-4-8/h5-8H,3-4H2,1-2H3,(H,16,21)(H,18,19,20). The van der Waals surface area contributed by atoms with Gasteiger partial charge in [-0.3, -0.25) is 5.10 Å². The molecular weight excluding hydrogens is 302 g/mol. The Balaban J connectivity index is 1.76. The molecule has 3 aromatic heterocycles. The highest BCUT2D eigenvalue weighted by molar-refractivity contribution is 6.32. The van der Waals surface area contributed by atoms with Crippen molar-refractivity contribution in [2.75, 3.05) is 5.32 Å². The minimum atomic E-state index is 0.197. The topological polar surface area (TPSA) is 84.3 Å². The number of fused-ring (bicyclic) bond motifs is 1. The lowest BCUT2D eigenvalue weighted by molar-refractivity contribution is 0.533. The fraction of sp³-hybridized carbons (Fsp3) is 0.429. The van der Waals surface area contributed by atoms with Crippen molar-refractivity contribution >= 4 is 34.1 Å². The predicted molar refractivity (Wildman–Crippen MR) is 84.6 cm³/mol. The van der Waals surface area contributed by atoms with Crippen LogP contribution in [0.5, 0.6) is 0 Å². The zero-order valence-corrected chi connectivity index (χ0v) is 13.1. The molecule has 0 bridgehead atoms. The van der Waals surface area contributed by atoms with Crippen molar-refractivity contribution in [3.8, 4) is 0 Å². The van der Waals surface area contributed by atoms with Crippen LogP contribution < -0.4 is 5.32 Å². The molecule has 0 amide bonds. The fourth-order valence-electron chi connectivity index (χ4n) is 2.39. The van der Waals surface area contributed by atoms with Crippen LogP contribution in [0.4, 0.5) is 11.5 Å². The van der Waals surface area contributed by atoms with Gasteiger partial charge in [-0.05, 0) is 26.7 Å². The third kappa shape index (κ3) is 2.21. The Hall–Kier alpha value is -2.15. The van der Waals surface area contributed by atoms with Crippen molar-refractivity contribution in [3.63, 3.8) is 0 Å². The Kier molecular flexibility index (Phi) is 3.04. The van der Waals surface area contributed by atoms with Gasteiger partial charge in [0.05, 0.1) is 18.1 Å². The van der Waals surface area contributed by atoms with Crippen molar-refractivity contribution in [3.05, 3.63) is 23.4 Å². The summed E-state index contributed by atoms with van der Waals surface area (Å²) in [5.74, 6) is 2.02. The first-order valence-corrected chi connectivity index (χ1v) is 7.72. The smallest absolute Gasteiger partial charge is 0.160 e. The van der Waals surface area contributed by atoms with Gasteiger partial charge in [-0.2, -0.15) is 10.2 Å². The number of nitrogens with zero attached hydrogens (tertiary/aromatic N) is 5. The van der Waals surface area contributed by atoms with Gasteiger partial charge in [0, 0.05) is 12.0 Å². The van der Waals surface area contributed by atoms with E-state index in [0.717, 1.165) is 35.4 Å². The van der Waals surface area contributed by atoms with E-state index in [9.17, 15) is 0 Å². The fourth-order valence-corrected chi connectivity index (χ4v) is 2.73. The van der Waals surface area contributed by atoms with Crippen molar-refractivity contribution in [2.24, 2.45) is 0 Å². The number of nitrogens with one attached hydrogen (secondary N) is 2. The second kappa shape index (κ2) is 4.95. The average Bonchev–Trinajstić information content (AvgIpc) is 3.12. The molecule has 1 fully saturated rings. The summed E-state index contributed by atoms with van der Waals surface area (Å²) in [6.45, 7) is 4.07. The van der Waals surface area contributed by atoms with Gasteiger partial charge >= 0.3 is 0 Å².